The average Bonchev–Trinajstić information content (AvgIpc) is 1.96. The van der Waals surface area contributed by atoms with Crippen molar-refractivity contribution in [3.63, 3.8) is 0 Å². The van der Waals surface area contributed by atoms with Crippen molar-refractivity contribution in [1.29, 1.82) is 5.41 Å². The third kappa shape index (κ3) is 1.59. The van der Waals surface area contributed by atoms with Crippen LogP contribution in [-0.4, -0.2) is 5.84 Å². The maximum atomic E-state index is 7.28. The molecule has 12 heavy (non-hydrogen) atoms. The average molecular weight is 183 g/mol. The minimum absolute atomic E-state index is 0.0901. The van der Waals surface area contributed by atoms with Gasteiger partial charge in [0.2, 0.25) is 0 Å². The number of rotatable bonds is 1. The van der Waals surface area contributed by atoms with Gasteiger partial charge in [-0.15, -0.1) is 0 Å². The van der Waals surface area contributed by atoms with Gasteiger partial charge in [-0.2, -0.15) is 0 Å². The van der Waals surface area contributed by atoms with E-state index in [-0.39, 0.29) is 5.84 Å². The van der Waals surface area contributed by atoms with Crippen LogP contribution in [0.25, 0.3) is 0 Å². The zero-order chi connectivity index (χ0) is 9.30. The van der Waals surface area contributed by atoms with Crippen LogP contribution in [0, 0.1) is 19.3 Å². The van der Waals surface area contributed by atoms with E-state index in [1.54, 1.807) is 0 Å². The quantitative estimate of drug-likeness (QED) is 0.508. The molecule has 0 aliphatic carbocycles. The number of hydrogen-bond acceptors (Lipinski definition) is 1. The number of nitrogen functional groups attached to an aromatic ring is 1. The van der Waals surface area contributed by atoms with Crippen molar-refractivity contribution < 1.29 is 0 Å². The van der Waals surface area contributed by atoms with Crippen LogP contribution in [0.3, 0.4) is 0 Å². The first-order valence-electron chi connectivity index (χ1n) is 3.63. The van der Waals surface area contributed by atoms with Crippen molar-refractivity contribution in [3.8, 4) is 0 Å². The lowest BCUT2D eigenvalue weighted by Crippen LogP contribution is -2.12. The molecular formula is C9H11ClN2. The summed E-state index contributed by atoms with van der Waals surface area (Å²) >= 11 is 5.88. The van der Waals surface area contributed by atoms with Crippen LogP contribution in [0.1, 0.15) is 16.7 Å². The predicted octanol–water partition coefficient (Wildman–Crippen LogP) is 2.24. The van der Waals surface area contributed by atoms with E-state index < -0.39 is 0 Å². The molecule has 0 saturated carbocycles. The van der Waals surface area contributed by atoms with E-state index in [4.69, 9.17) is 22.7 Å². The highest BCUT2D eigenvalue weighted by atomic mass is 35.5. The molecule has 0 atom stereocenters. The Morgan fingerprint density at radius 1 is 1.33 bits per heavy atom. The molecule has 2 nitrogen and oxygen atoms in total. The minimum atomic E-state index is 0.0901. The van der Waals surface area contributed by atoms with E-state index >= 15 is 0 Å². The number of hydrogen-bond donors (Lipinski definition) is 2. The fourth-order valence-corrected chi connectivity index (χ4v) is 1.29. The molecule has 0 bridgehead atoms. The van der Waals surface area contributed by atoms with Gasteiger partial charge in [-0.3, -0.25) is 5.41 Å². The van der Waals surface area contributed by atoms with Gasteiger partial charge in [-0.25, -0.2) is 0 Å². The van der Waals surface area contributed by atoms with Crippen LogP contribution in [-0.2, 0) is 0 Å². The van der Waals surface area contributed by atoms with Gasteiger partial charge in [0, 0.05) is 10.6 Å². The Balaban J connectivity index is 3.33. The summed E-state index contributed by atoms with van der Waals surface area (Å²) in [6, 6.07) is 3.66. The maximum absolute atomic E-state index is 7.28. The molecule has 3 heteroatoms. The number of amidine groups is 1. The number of aryl methyl sites for hydroxylation is 2. The van der Waals surface area contributed by atoms with Crippen LogP contribution in [0.4, 0.5) is 0 Å². The largest absolute Gasteiger partial charge is 0.384 e. The van der Waals surface area contributed by atoms with Gasteiger partial charge in [0.05, 0.1) is 0 Å². The molecule has 64 valence electrons. The summed E-state index contributed by atoms with van der Waals surface area (Å²) in [6.45, 7) is 3.79. The first-order valence-corrected chi connectivity index (χ1v) is 4.01. The summed E-state index contributed by atoms with van der Waals surface area (Å²) in [7, 11) is 0. The molecule has 0 aliphatic rings. The molecule has 0 heterocycles. The van der Waals surface area contributed by atoms with Gasteiger partial charge in [-0.1, -0.05) is 11.6 Å². The van der Waals surface area contributed by atoms with E-state index in [9.17, 15) is 0 Å². The highest BCUT2D eigenvalue weighted by Crippen LogP contribution is 2.19. The first kappa shape index (κ1) is 9.07. The van der Waals surface area contributed by atoms with Crippen LogP contribution in [0.5, 0.6) is 0 Å². The van der Waals surface area contributed by atoms with E-state index in [2.05, 4.69) is 0 Å². The lowest BCUT2D eigenvalue weighted by Gasteiger charge is -2.06. The van der Waals surface area contributed by atoms with Crippen molar-refractivity contribution >= 4 is 17.4 Å². The van der Waals surface area contributed by atoms with E-state index in [1.807, 2.05) is 26.0 Å². The standard InChI is InChI=1S/C9H11ClN2/c1-5-4-8(10)6(2)3-7(5)9(11)12/h3-4H,1-2H3,(H3,11,12). The van der Waals surface area contributed by atoms with Crippen LogP contribution in [0.15, 0.2) is 12.1 Å². The minimum Gasteiger partial charge on any atom is -0.384 e. The van der Waals surface area contributed by atoms with Crippen molar-refractivity contribution in [1.82, 2.24) is 0 Å². The van der Waals surface area contributed by atoms with E-state index in [1.165, 1.54) is 0 Å². The molecule has 0 radical (unpaired) electrons. The molecule has 1 aromatic carbocycles. The molecule has 3 N–H and O–H groups in total. The van der Waals surface area contributed by atoms with Crippen molar-refractivity contribution in [2.75, 3.05) is 0 Å². The number of nitrogens with two attached hydrogens (primary N) is 1. The SMILES string of the molecule is Cc1cc(C(=N)N)c(C)cc1Cl. The molecule has 0 spiro atoms. The predicted molar refractivity (Wildman–Crippen MR) is 51.9 cm³/mol. The monoisotopic (exact) mass is 182 g/mol. The molecule has 0 unspecified atom stereocenters. The third-order valence-corrected chi connectivity index (χ3v) is 2.20. The Labute approximate surface area is 76.9 Å². The summed E-state index contributed by atoms with van der Waals surface area (Å²) in [5, 5.41) is 8.00. The lowest BCUT2D eigenvalue weighted by atomic mass is 10.1. The van der Waals surface area contributed by atoms with Crippen molar-refractivity contribution in [3.05, 3.63) is 33.8 Å². The first-order chi connectivity index (χ1) is 5.52. The summed E-state index contributed by atoms with van der Waals surface area (Å²) in [6.07, 6.45) is 0. The smallest absolute Gasteiger partial charge is 0.123 e. The lowest BCUT2D eigenvalue weighted by molar-refractivity contribution is 1.33. The molecule has 0 saturated heterocycles. The number of nitrogens with one attached hydrogen (secondary N) is 1. The molecule has 0 aromatic heterocycles. The second kappa shape index (κ2) is 3.15. The normalized spacial score (nSPS) is 9.92. The molecule has 0 fully saturated rings. The Kier molecular flexibility index (Phi) is 2.38. The molecule has 1 rings (SSSR count). The highest BCUT2D eigenvalue weighted by Gasteiger charge is 2.04. The fraction of sp³-hybridized carbons (Fsp3) is 0.222. The molecule has 0 aliphatic heterocycles. The second-order valence-electron chi connectivity index (χ2n) is 2.83. The number of halogens is 1. The van der Waals surface area contributed by atoms with Gasteiger partial charge in [0.1, 0.15) is 5.84 Å². The molecular weight excluding hydrogens is 172 g/mol. The summed E-state index contributed by atoms with van der Waals surface area (Å²) in [4.78, 5) is 0. The fourth-order valence-electron chi connectivity index (χ4n) is 1.07. The third-order valence-electron chi connectivity index (χ3n) is 1.80. The van der Waals surface area contributed by atoms with Gasteiger partial charge >= 0.3 is 0 Å². The zero-order valence-corrected chi connectivity index (χ0v) is 7.87. The van der Waals surface area contributed by atoms with Crippen molar-refractivity contribution in [2.24, 2.45) is 5.73 Å². The highest BCUT2D eigenvalue weighted by molar-refractivity contribution is 6.31. The maximum Gasteiger partial charge on any atom is 0.123 e. The van der Waals surface area contributed by atoms with E-state index in [0.717, 1.165) is 21.7 Å². The Bertz CT molecular complexity index is 332. The summed E-state index contributed by atoms with van der Waals surface area (Å²) in [5.41, 5.74) is 8.03. The summed E-state index contributed by atoms with van der Waals surface area (Å²) in [5.74, 6) is 0.0901. The van der Waals surface area contributed by atoms with Crippen LogP contribution >= 0.6 is 11.6 Å². The zero-order valence-electron chi connectivity index (χ0n) is 7.11. The topological polar surface area (TPSA) is 49.9 Å². The van der Waals surface area contributed by atoms with Gasteiger partial charge < -0.3 is 5.73 Å². The molecule has 1 aromatic rings. The van der Waals surface area contributed by atoms with E-state index in [0.29, 0.717) is 0 Å². The van der Waals surface area contributed by atoms with Gasteiger partial charge in [-0.05, 0) is 37.1 Å². The summed E-state index contributed by atoms with van der Waals surface area (Å²) < 4.78 is 0. The molecule has 0 amide bonds. The number of benzene rings is 1. The van der Waals surface area contributed by atoms with Crippen LogP contribution < -0.4 is 5.73 Å². The van der Waals surface area contributed by atoms with Gasteiger partial charge in [0.25, 0.3) is 0 Å². The Hall–Kier alpha value is -1.02. The Morgan fingerprint density at radius 2 is 1.92 bits per heavy atom. The Morgan fingerprint density at radius 3 is 2.42 bits per heavy atom. The van der Waals surface area contributed by atoms with Crippen LogP contribution in [0.2, 0.25) is 5.02 Å². The van der Waals surface area contributed by atoms with Gasteiger partial charge in [0.15, 0.2) is 0 Å². The second-order valence-corrected chi connectivity index (χ2v) is 3.24. The van der Waals surface area contributed by atoms with Crippen molar-refractivity contribution in [2.45, 2.75) is 13.8 Å².